The molecule has 0 bridgehead atoms. The molecule has 0 radical (unpaired) electrons. The van der Waals surface area contributed by atoms with Gasteiger partial charge >= 0.3 is 0 Å². The van der Waals surface area contributed by atoms with Crippen LogP contribution in [0.2, 0.25) is 0 Å². The summed E-state index contributed by atoms with van der Waals surface area (Å²) in [7, 11) is 0. The highest BCUT2D eigenvalue weighted by molar-refractivity contribution is 7.03. The molecule has 13 heavy (non-hydrogen) atoms. The molecule has 3 unspecified atom stereocenters. The van der Waals surface area contributed by atoms with Gasteiger partial charge in [-0.1, -0.05) is 0 Å². The van der Waals surface area contributed by atoms with Crippen LogP contribution in [0.3, 0.4) is 0 Å². The Morgan fingerprint density at radius 2 is 2.54 bits per heavy atom. The highest BCUT2D eigenvalue weighted by Crippen LogP contribution is 2.27. The summed E-state index contributed by atoms with van der Waals surface area (Å²) >= 11 is 1.44. The van der Waals surface area contributed by atoms with E-state index in [9.17, 15) is 0 Å². The SMILES string of the molecule is CC1CCC(C(N)c2ccsn2)O1. The second-order valence-electron chi connectivity index (χ2n) is 3.51. The first-order chi connectivity index (χ1) is 6.27. The second-order valence-corrected chi connectivity index (χ2v) is 4.18. The van der Waals surface area contributed by atoms with Crippen LogP contribution in [-0.2, 0) is 4.74 Å². The van der Waals surface area contributed by atoms with Crippen molar-refractivity contribution in [1.29, 1.82) is 0 Å². The molecule has 1 aliphatic rings. The summed E-state index contributed by atoms with van der Waals surface area (Å²) < 4.78 is 9.91. The van der Waals surface area contributed by atoms with Gasteiger partial charge in [0.1, 0.15) is 0 Å². The van der Waals surface area contributed by atoms with Crippen LogP contribution >= 0.6 is 11.5 Å². The van der Waals surface area contributed by atoms with Gasteiger partial charge in [0.05, 0.1) is 23.9 Å². The predicted molar refractivity (Wildman–Crippen MR) is 52.6 cm³/mol. The van der Waals surface area contributed by atoms with Crippen molar-refractivity contribution in [3.05, 3.63) is 17.1 Å². The van der Waals surface area contributed by atoms with Gasteiger partial charge in [-0.2, -0.15) is 4.37 Å². The van der Waals surface area contributed by atoms with Crippen LogP contribution < -0.4 is 5.73 Å². The molecule has 0 saturated carbocycles. The lowest BCUT2D eigenvalue weighted by Crippen LogP contribution is -2.26. The molecule has 0 aromatic carbocycles. The van der Waals surface area contributed by atoms with E-state index in [4.69, 9.17) is 10.5 Å². The van der Waals surface area contributed by atoms with E-state index in [2.05, 4.69) is 11.3 Å². The van der Waals surface area contributed by atoms with Crippen LogP contribution in [-0.4, -0.2) is 16.6 Å². The van der Waals surface area contributed by atoms with Gasteiger partial charge in [0, 0.05) is 5.38 Å². The lowest BCUT2D eigenvalue weighted by atomic mass is 10.1. The van der Waals surface area contributed by atoms with Crippen molar-refractivity contribution in [2.24, 2.45) is 5.73 Å². The molecule has 3 nitrogen and oxygen atoms in total. The van der Waals surface area contributed by atoms with Gasteiger partial charge in [0.15, 0.2) is 0 Å². The third-order valence-corrected chi connectivity index (χ3v) is 3.04. The molecule has 0 amide bonds. The molecule has 1 saturated heterocycles. The minimum absolute atomic E-state index is 0.0452. The highest BCUT2D eigenvalue weighted by atomic mass is 32.1. The molecule has 1 aromatic heterocycles. The average Bonchev–Trinajstić information content (AvgIpc) is 2.72. The molecule has 2 rings (SSSR count). The van der Waals surface area contributed by atoms with Crippen LogP contribution in [0.1, 0.15) is 31.5 Å². The molecule has 1 fully saturated rings. The molecule has 2 N–H and O–H groups in total. The number of aromatic nitrogens is 1. The second kappa shape index (κ2) is 3.74. The molecule has 3 atom stereocenters. The Labute approximate surface area is 82.1 Å². The molecule has 4 heteroatoms. The first-order valence-corrected chi connectivity index (χ1v) is 5.42. The van der Waals surface area contributed by atoms with Crippen LogP contribution in [0.5, 0.6) is 0 Å². The van der Waals surface area contributed by atoms with Gasteiger partial charge in [-0.05, 0) is 37.4 Å². The molecule has 72 valence electrons. The Balaban J connectivity index is 2.02. The van der Waals surface area contributed by atoms with Crippen LogP contribution in [0.4, 0.5) is 0 Å². The summed E-state index contributed by atoms with van der Waals surface area (Å²) in [5.74, 6) is 0. The molecule has 1 aliphatic heterocycles. The molecular formula is C9H14N2OS. The zero-order valence-electron chi connectivity index (χ0n) is 7.64. The van der Waals surface area contributed by atoms with Crippen molar-refractivity contribution in [2.45, 2.75) is 38.0 Å². The van der Waals surface area contributed by atoms with E-state index >= 15 is 0 Å². The molecule has 0 spiro atoms. The van der Waals surface area contributed by atoms with E-state index < -0.39 is 0 Å². The van der Waals surface area contributed by atoms with Gasteiger partial charge < -0.3 is 10.5 Å². The lowest BCUT2D eigenvalue weighted by molar-refractivity contribution is 0.0395. The molecule has 0 aliphatic carbocycles. The first-order valence-electron chi connectivity index (χ1n) is 4.58. The fourth-order valence-corrected chi connectivity index (χ4v) is 2.25. The summed E-state index contributed by atoms with van der Waals surface area (Å²) in [5.41, 5.74) is 6.99. The number of ether oxygens (including phenoxy) is 1. The quantitative estimate of drug-likeness (QED) is 0.787. The Hall–Kier alpha value is -0.450. The number of nitrogens with two attached hydrogens (primary N) is 1. The van der Waals surface area contributed by atoms with Gasteiger partial charge in [-0.25, -0.2) is 0 Å². The van der Waals surface area contributed by atoms with E-state index in [1.54, 1.807) is 0 Å². The Morgan fingerprint density at radius 3 is 3.08 bits per heavy atom. The minimum Gasteiger partial charge on any atom is -0.373 e. The summed E-state index contributed by atoms with van der Waals surface area (Å²) in [6.45, 7) is 2.09. The number of rotatable bonds is 2. The third kappa shape index (κ3) is 1.90. The third-order valence-electron chi connectivity index (χ3n) is 2.46. The van der Waals surface area contributed by atoms with E-state index in [0.717, 1.165) is 18.5 Å². The summed E-state index contributed by atoms with van der Waals surface area (Å²) in [6.07, 6.45) is 2.69. The molecular weight excluding hydrogens is 184 g/mol. The van der Waals surface area contributed by atoms with E-state index in [1.807, 2.05) is 11.4 Å². The van der Waals surface area contributed by atoms with Gasteiger partial charge in [-0.3, -0.25) is 0 Å². The van der Waals surface area contributed by atoms with Crippen molar-refractivity contribution < 1.29 is 4.74 Å². The number of hydrogen-bond acceptors (Lipinski definition) is 4. The van der Waals surface area contributed by atoms with Crippen molar-refractivity contribution in [3.63, 3.8) is 0 Å². The maximum atomic E-state index is 6.03. The first kappa shape index (κ1) is 9.12. The van der Waals surface area contributed by atoms with Crippen LogP contribution in [0.25, 0.3) is 0 Å². The fourth-order valence-electron chi connectivity index (χ4n) is 1.68. The molecule has 2 heterocycles. The Kier molecular flexibility index (Phi) is 2.62. The van der Waals surface area contributed by atoms with Crippen LogP contribution in [0.15, 0.2) is 11.4 Å². The number of nitrogens with zero attached hydrogens (tertiary/aromatic N) is 1. The minimum atomic E-state index is -0.0452. The zero-order chi connectivity index (χ0) is 9.26. The van der Waals surface area contributed by atoms with Crippen molar-refractivity contribution in [3.8, 4) is 0 Å². The average molecular weight is 198 g/mol. The van der Waals surface area contributed by atoms with Crippen molar-refractivity contribution in [1.82, 2.24) is 4.37 Å². The zero-order valence-corrected chi connectivity index (χ0v) is 8.46. The van der Waals surface area contributed by atoms with E-state index in [1.165, 1.54) is 11.5 Å². The van der Waals surface area contributed by atoms with Gasteiger partial charge in [-0.15, -0.1) is 0 Å². The summed E-state index contributed by atoms with van der Waals surface area (Å²) in [6, 6.07) is 1.93. The molecule has 1 aromatic rings. The maximum absolute atomic E-state index is 6.03. The predicted octanol–water partition coefficient (Wildman–Crippen LogP) is 1.71. The smallest absolute Gasteiger partial charge is 0.0788 e. The highest BCUT2D eigenvalue weighted by Gasteiger charge is 2.28. The topological polar surface area (TPSA) is 48.1 Å². The maximum Gasteiger partial charge on any atom is 0.0788 e. The van der Waals surface area contributed by atoms with E-state index in [-0.39, 0.29) is 12.1 Å². The largest absolute Gasteiger partial charge is 0.373 e. The monoisotopic (exact) mass is 198 g/mol. The van der Waals surface area contributed by atoms with Crippen molar-refractivity contribution >= 4 is 11.5 Å². The number of hydrogen-bond donors (Lipinski definition) is 1. The standard InChI is InChI=1S/C9H14N2OS/c1-6-2-3-8(12-6)9(10)7-4-5-13-11-7/h4-6,8-9H,2-3,10H2,1H3. The van der Waals surface area contributed by atoms with E-state index in [0.29, 0.717) is 6.10 Å². The Morgan fingerprint density at radius 1 is 1.69 bits per heavy atom. The van der Waals surface area contributed by atoms with Gasteiger partial charge in [0.25, 0.3) is 0 Å². The van der Waals surface area contributed by atoms with Crippen molar-refractivity contribution in [2.75, 3.05) is 0 Å². The fraction of sp³-hybridized carbons (Fsp3) is 0.667. The lowest BCUT2D eigenvalue weighted by Gasteiger charge is -2.17. The normalized spacial score (nSPS) is 30.6. The summed E-state index contributed by atoms with van der Waals surface area (Å²) in [5, 5.41) is 1.95. The summed E-state index contributed by atoms with van der Waals surface area (Å²) in [4.78, 5) is 0. The Bertz CT molecular complexity index is 263. The van der Waals surface area contributed by atoms with Gasteiger partial charge in [0.2, 0.25) is 0 Å². The van der Waals surface area contributed by atoms with Crippen LogP contribution in [0, 0.1) is 0 Å².